The normalized spacial score (nSPS) is 10.0. The lowest BCUT2D eigenvalue weighted by Crippen LogP contribution is -2.04. The third-order valence-electron chi connectivity index (χ3n) is 2.28. The van der Waals surface area contributed by atoms with Gasteiger partial charge in [0.1, 0.15) is 5.82 Å². The van der Waals surface area contributed by atoms with Crippen LogP contribution in [-0.2, 0) is 0 Å². The minimum Gasteiger partial charge on any atom is -0.366 e. The van der Waals surface area contributed by atoms with Gasteiger partial charge in [-0.05, 0) is 18.2 Å². The predicted molar refractivity (Wildman–Crippen MR) is 80.5 cm³/mol. The number of para-hydroxylation sites is 1. The Labute approximate surface area is 121 Å². The number of nitrogens with zero attached hydrogens (tertiary/aromatic N) is 2. The van der Waals surface area contributed by atoms with Gasteiger partial charge in [-0.1, -0.05) is 35.3 Å². The molecule has 98 valence electrons. The topological polar surface area (TPSA) is 49.8 Å². The van der Waals surface area contributed by atoms with E-state index in [1.807, 2.05) is 0 Å². The highest BCUT2D eigenvalue weighted by atomic mass is 35.5. The summed E-state index contributed by atoms with van der Waals surface area (Å²) in [5, 5.41) is 7.11. The van der Waals surface area contributed by atoms with E-state index in [2.05, 4.69) is 27.2 Å². The van der Waals surface area contributed by atoms with Gasteiger partial charge >= 0.3 is 0 Å². The van der Waals surface area contributed by atoms with Crippen LogP contribution in [0.15, 0.2) is 43.1 Å². The molecule has 19 heavy (non-hydrogen) atoms. The first-order chi connectivity index (χ1) is 9.20. The van der Waals surface area contributed by atoms with Crippen molar-refractivity contribution in [2.24, 2.45) is 0 Å². The molecule has 0 aliphatic rings. The SMILES string of the molecule is C=CCNc1ccnc(Nc2c(Cl)cccc2Cl)n1. The van der Waals surface area contributed by atoms with Crippen LogP contribution in [0.3, 0.4) is 0 Å². The zero-order valence-electron chi connectivity index (χ0n) is 10.0. The molecule has 0 radical (unpaired) electrons. The highest BCUT2D eigenvalue weighted by Crippen LogP contribution is 2.31. The molecule has 0 amide bonds. The Balaban J connectivity index is 2.21. The standard InChI is InChI=1S/C13H12Cl2N4/c1-2-7-16-11-6-8-17-13(18-11)19-12-9(14)4-3-5-10(12)15/h2-6,8H,1,7H2,(H2,16,17,18,19). The molecule has 1 aromatic carbocycles. The molecular formula is C13H12Cl2N4. The summed E-state index contributed by atoms with van der Waals surface area (Å²) in [4.78, 5) is 8.41. The second-order valence-electron chi connectivity index (χ2n) is 3.66. The van der Waals surface area contributed by atoms with Crippen LogP contribution in [0.4, 0.5) is 17.5 Å². The molecule has 2 rings (SSSR count). The minimum atomic E-state index is 0.420. The number of aromatic nitrogens is 2. The maximum atomic E-state index is 6.07. The first-order valence-corrected chi connectivity index (χ1v) is 6.35. The summed E-state index contributed by atoms with van der Waals surface area (Å²) >= 11 is 12.1. The fourth-order valence-corrected chi connectivity index (χ4v) is 1.92. The van der Waals surface area contributed by atoms with Gasteiger partial charge < -0.3 is 10.6 Å². The molecule has 0 atom stereocenters. The molecule has 0 spiro atoms. The number of benzene rings is 1. The van der Waals surface area contributed by atoms with Crippen LogP contribution < -0.4 is 10.6 Å². The monoisotopic (exact) mass is 294 g/mol. The summed E-state index contributed by atoms with van der Waals surface area (Å²) < 4.78 is 0. The second-order valence-corrected chi connectivity index (χ2v) is 4.47. The Morgan fingerprint density at radius 3 is 2.63 bits per heavy atom. The predicted octanol–water partition coefficient (Wildman–Crippen LogP) is 4.12. The van der Waals surface area contributed by atoms with E-state index in [4.69, 9.17) is 23.2 Å². The molecule has 2 aromatic rings. The number of nitrogens with one attached hydrogen (secondary N) is 2. The van der Waals surface area contributed by atoms with Gasteiger partial charge in [0.15, 0.2) is 0 Å². The van der Waals surface area contributed by atoms with E-state index in [1.54, 1.807) is 36.5 Å². The van der Waals surface area contributed by atoms with Crippen LogP contribution in [0.2, 0.25) is 10.0 Å². The van der Waals surface area contributed by atoms with E-state index >= 15 is 0 Å². The Morgan fingerprint density at radius 1 is 1.21 bits per heavy atom. The Hall–Kier alpha value is -1.78. The average molecular weight is 295 g/mol. The molecule has 0 saturated heterocycles. The smallest absolute Gasteiger partial charge is 0.229 e. The van der Waals surface area contributed by atoms with Crippen LogP contribution in [0.25, 0.3) is 0 Å². The third kappa shape index (κ3) is 3.59. The van der Waals surface area contributed by atoms with Crippen molar-refractivity contribution in [3.8, 4) is 0 Å². The number of rotatable bonds is 5. The van der Waals surface area contributed by atoms with E-state index in [-0.39, 0.29) is 0 Å². The molecular weight excluding hydrogens is 283 g/mol. The highest BCUT2D eigenvalue weighted by Gasteiger charge is 2.07. The zero-order chi connectivity index (χ0) is 13.7. The maximum absolute atomic E-state index is 6.07. The molecule has 1 heterocycles. The second kappa shape index (κ2) is 6.41. The lowest BCUT2D eigenvalue weighted by Gasteiger charge is -2.09. The summed E-state index contributed by atoms with van der Waals surface area (Å²) in [6.07, 6.45) is 3.39. The van der Waals surface area contributed by atoms with Crippen molar-refractivity contribution in [1.82, 2.24) is 9.97 Å². The van der Waals surface area contributed by atoms with Crippen molar-refractivity contribution in [3.63, 3.8) is 0 Å². The van der Waals surface area contributed by atoms with E-state index in [0.717, 1.165) is 0 Å². The summed E-state index contributed by atoms with van der Waals surface area (Å²) in [5.41, 5.74) is 0.590. The Bertz CT molecular complexity index is 566. The number of hydrogen-bond donors (Lipinski definition) is 2. The van der Waals surface area contributed by atoms with Crippen molar-refractivity contribution in [2.45, 2.75) is 0 Å². The maximum Gasteiger partial charge on any atom is 0.229 e. The van der Waals surface area contributed by atoms with Gasteiger partial charge in [0.25, 0.3) is 0 Å². The molecule has 2 N–H and O–H groups in total. The van der Waals surface area contributed by atoms with Crippen LogP contribution in [0.1, 0.15) is 0 Å². The number of anilines is 3. The average Bonchev–Trinajstić information content (AvgIpc) is 2.41. The summed E-state index contributed by atoms with van der Waals surface area (Å²) in [7, 11) is 0. The highest BCUT2D eigenvalue weighted by molar-refractivity contribution is 6.39. The van der Waals surface area contributed by atoms with Crippen molar-refractivity contribution in [3.05, 3.63) is 53.2 Å². The largest absolute Gasteiger partial charge is 0.366 e. The molecule has 0 aliphatic heterocycles. The van der Waals surface area contributed by atoms with Gasteiger partial charge in [-0.25, -0.2) is 4.98 Å². The van der Waals surface area contributed by atoms with Gasteiger partial charge in [0.2, 0.25) is 5.95 Å². The first-order valence-electron chi connectivity index (χ1n) is 5.59. The van der Waals surface area contributed by atoms with Crippen LogP contribution in [-0.4, -0.2) is 16.5 Å². The first kappa shape index (κ1) is 13.6. The minimum absolute atomic E-state index is 0.420. The molecule has 0 fully saturated rings. The van der Waals surface area contributed by atoms with Crippen molar-refractivity contribution < 1.29 is 0 Å². The van der Waals surface area contributed by atoms with Crippen molar-refractivity contribution in [1.29, 1.82) is 0 Å². The third-order valence-corrected chi connectivity index (χ3v) is 2.91. The molecule has 0 unspecified atom stereocenters. The quantitative estimate of drug-likeness (QED) is 0.814. The van der Waals surface area contributed by atoms with Gasteiger partial charge in [-0.2, -0.15) is 4.98 Å². The van der Waals surface area contributed by atoms with Gasteiger partial charge in [-0.3, -0.25) is 0 Å². The van der Waals surface area contributed by atoms with Gasteiger partial charge in [0, 0.05) is 12.7 Å². The fraction of sp³-hybridized carbons (Fsp3) is 0.0769. The molecule has 0 saturated carbocycles. The lowest BCUT2D eigenvalue weighted by molar-refractivity contribution is 1.14. The van der Waals surface area contributed by atoms with Crippen molar-refractivity contribution in [2.75, 3.05) is 17.2 Å². The van der Waals surface area contributed by atoms with E-state index in [0.29, 0.717) is 34.0 Å². The zero-order valence-corrected chi connectivity index (χ0v) is 11.5. The molecule has 0 bridgehead atoms. The van der Waals surface area contributed by atoms with Crippen LogP contribution >= 0.6 is 23.2 Å². The fourth-order valence-electron chi connectivity index (χ4n) is 1.42. The van der Waals surface area contributed by atoms with Crippen molar-refractivity contribution >= 4 is 40.7 Å². The number of hydrogen-bond acceptors (Lipinski definition) is 4. The van der Waals surface area contributed by atoms with E-state index in [1.165, 1.54) is 0 Å². The summed E-state index contributed by atoms with van der Waals surface area (Å²) in [6.45, 7) is 4.26. The summed E-state index contributed by atoms with van der Waals surface area (Å²) in [6, 6.07) is 7.03. The summed E-state index contributed by atoms with van der Waals surface area (Å²) in [5.74, 6) is 1.12. The number of halogens is 2. The van der Waals surface area contributed by atoms with Gasteiger partial charge in [-0.15, -0.1) is 6.58 Å². The van der Waals surface area contributed by atoms with Gasteiger partial charge in [0.05, 0.1) is 15.7 Å². The molecule has 1 aromatic heterocycles. The Kier molecular flexibility index (Phi) is 4.60. The van der Waals surface area contributed by atoms with Crippen LogP contribution in [0, 0.1) is 0 Å². The van der Waals surface area contributed by atoms with Crippen LogP contribution in [0.5, 0.6) is 0 Å². The molecule has 0 aliphatic carbocycles. The molecule has 6 heteroatoms. The van der Waals surface area contributed by atoms with E-state index < -0.39 is 0 Å². The van der Waals surface area contributed by atoms with E-state index in [9.17, 15) is 0 Å². The lowest BCUT2D eigenvalue weighted by atomic mass is 10.3. The molecule has 4 nitrogen and oxygen atoms in total. The Morgan fingerprint density at radius 2 is 1.95 bits per heavy atom.